The van der Waals surface area contributed by atoms with E-state index >= 15 is 0 Å². The van der Waals surface area contributed by atoms with Gasteiger partial charge in [-0.25, -0.2) is 4.79 Å². The zero-order valence-electron chi connectivity index (χ0n) is 16.3. The Morgan fingerprint density at radius 3 is 2.17 bits per heavy atom. The Bertz CT molecular complexity index is 602. The Morgan fingerprint density at radius 1 is 1.07 bits per heavy atom. The Labute approximate surface area is 172 Å². The van der Waals surface area contributed by atoms with Crippen LogP contribution in [-0.4, -0.2) is 82.6 Å². The van der Waals surface area contributed by atoms with Crippen LogP contribution in [0.1, 0.15) is 26.2 Å². The molecule has 12 nitrogen and oxygen atoms in total. The molecule has 0 saturated carbocycles. The van der Waals surface area contributed by atoms with Crippen molar-refractivity contribution in [2.75, 3.05) is 18.6 Å². The number of carboxylic acid groups (broad SMARTS) is 1. The van der Waals surface area contributed by atoms with Gasteiger partial charge in [0, 0.05) is 6.42 Å². The van der Waals surface area contributed by atoms with E-state index in [9.17, 15) is 29.1 Å². The number of carbonyl (C=O) groups excluding carboxylic acids is 4. The number of carboxylic acids is 1. The highest BCUT2D eigenvalue weighted by Crippen LogP contribution is 2.03. The average molecular weight is 436 g/mol. The fraction of sp³-hybridized carbons (Fsp3) is 0.688. The van der Waals surface area contributed by atoms with Crippen molar-refractivity contribution in [1.29, 1.82) is 0 Å². The molecular weight excluding hydrogens is 406 g/mol. The second kappa shape index (κ2) is 13.7. The number of nitrogens with one attached hydrogen (secondary N) is 3. The van der Waals surface area contributed by atoms with Crippen molar-refractivity contribution in [3.63, 3.8) is 0 Å². The van der Waals surface area contributed by atoms with E-state index in [0.717, 1.165) is 0 Å². The van der Waals surface area contributed by atoms with Gasteiger partial charge in [0.15, 0.2) is 6.04 Å². The van der Waals surface area contributed by atoms with E-state index in [1.165, 1.54) is 18.7 Å². The van der Waals surface area contributed by atoms with Gasteiger partial charge in [-0.05, 0) is 31.8 Å². The summed E-state index contributed by atoms with van der Waals surface area (Å²) >= 11 is 1.44. The van der Waals surface area contributed by atoms with Crippen LogP contribution in [0.15, 0.2) is 0 Å². The van der Waals surface area contributed by atoms with Crippen molar-refractivity contribution in [1.82, 2.24) is 16.0 Å². The zero-order valence-corrected chi connectivity index (χ0v) is 17.2. The molecule has 0 aliphatic heterocycles. The Kier molecular flexibility index (Phi) is 12.6. The molecule has 0 radical (unpaired) electrons. The average Bonchev–Trinajstić information content (AvgIpc) is 2.64. The highest BCUT2D eigenvalue weighted by molar-refractivity contribution is 7.98. The largest absolute Gasteiger partial charge is 0.480 e. The number of rotatable bonds is 14. The minimum atomic E-state index is -1.52. The van der Waals surface area contributed by atoms with Gasteiger partial charge in [0.2, 0.25) is 23.6 Å². The molecule has 4 amide bonds. The molecule has 0 aromatic heterocycles. The summed E-state index contributed by atoms with van der Waals surface area (Å²) in [7, 11) is 0. The van der Waals surface area contributed by atoms with Gasteiger partial charge in [0.1, 0.15) is 6.04 Å². The smallest absolute Gasteiger partial charge is 0.328 e. The van der Waals surface area contributed by atoms with Crippen molar-refractivity contribution in [2.24, 2.45) is 11.5 Å². The number of hydrogen-bond acceptors (Lipinski definition) is 8. The topological polar surface area (TPSA) is 214 Å². The Balaban J connectivity index is 4.78. The summed E-state index contributed by atoms with van der Waals surface area (Å²) < 4.78 is 0. The zero-order chi connectivity index (χ0) is 22.6. The molecule has 29 heavy (non-hydrogen) atoms. The predicted molar refractivity (Wildman–Crippen MR) is 106 cm³/mol. The number of carbonyl (C=O) groups is 5. The van der Waals surface area contributed by atoms with Gasteiger partial charge in [-0.3, -0.25) is 19.2 Å². The van der Waals surface area contributed by atoms with Gasteiger partial charge in [0.05, 0.1) is 18.7 Å². The summed E-state index contributed by atoms with van der Waals surface area (Å²) in [4.78, 5) is 58.0. The van der Waals surface area contributed by atoms with E-state index in [2.05, 4.69) is 16.0 Å². The van der Waals surface area contributed by atoms with Gasteiger partial charge < -0.3 is 37.6 Å². The summed E-state index contributed by atoms with van der Waals surface area (Å²) in [6, 6.07) is -3.53. The van der Waals surface area contributed by atoms with E-state index in [1.807, 2.05) is 6.26 Å². The Hall–Kier alpha value is -2.38. The van der Waals surface area contributed by atoms with Crippen molar-refractivity contribution >= 4 is 41.4 Å². The minimum Gasteiger partial charge on any atom is -0.480 e. The molecule has 4 atom stereocenters. The van der Waals surface area contributed by atoms with Crippen LogP contribution in [0.3, 0.4) is 0 Å². The van der Waals surface area contributed by atoms with E-state index in [1.54, 1.807) is 0 Å². The van der Waals surface area contributed by atoms with Crippen LogP contribution in [0.4, 0.5) is 0 Å². The summed E-state index contributed by atoms with van der Waals surface area (Å²) in [5.74, 6) is -3.61. The molecule has 0 aromatic carbocycles. The first-order chi connectivity index (χ1) is 13.5. The molecule has 166 valence electrons. The van der Waals surface area contributed by atoms with Gasteiger partial charge in [-0.15, -0.1) is 0 Å². The van der Waals surface area contributed by atoms with E-state index < -0.39 is 60.4 Å². The SMILES string of the molecule is CSCCC(NC(=O)C(N)CCC(N)=O)C(=O)NCC(=O)NC(C(=O)O)C(C)O. The number of hydrogen-bond donors (Lipinski definition) is 7. The maximum atomic E-state index is 12.3. The summed E-state index contributed by atoms with van der Waals surface area (Å²) in [5, 5.41) is 25.1. The fourth-order valence-corrected chi connectivity index (χ4v) is 2.59. The highest BCUT2D eigenvalue weighted by atomic mass is 32.2. The second-order valence-corrected chi connectivity index (χ2v) is 7.28. The molecule has 0 aliphatic rings. The quantitative estimate of drug-likeness (QED) is 0.147. The lowest BCUT2D eigenvalue weighted by Gasteiger charge is -2.21. The predicted octanol–water partition coefficient (Wildman–Crippen LogP) is -3.12. The number of aliphatic carboxylic acids is 1. The maximum Gasteiger partial charge on any atom is 0.328 e. The molecule has 0 rings (SSSR count). The van der Waals surface area contributed by atoms with Crippen molar-refractivity contribution < 1.29 is 34.2 Å². The van der Waals surface area contributed by atoms with Crippen molar-refractivity contribution in [3.8, 4) is 0 Å². The third-order valence-electron chi connectivity index (χ3n) is 3.77. The van der Waals surface area contributed by atoms with Gasteiger partial charge in [-0.1, -0.05) is 0 Å². The molecule has 0 aromatic rings. The first kappa shape index (κ1) is 26.6. The highest BCUT2D eigenvalue weighted by Gasteiger charge is 2.27. The molecule has 0 aliphatic carbocycles. The van der Waals surface area contributed by atoms with Crippen LogP contribution >= 0.6 is 11.8 Å². The molecule has 9 N–H and O–H groups in total. The third-order valence-corrected chi connectivity index (χ3v) is 4.41. The second-order valence-electron chi connectivity index (χ2n) is 6.30. The minimum absolute atomic E-state index is 0.0242. The summed E-state index contributed by atoms with van der Waals surface area (Å²) in [5.41, 5.74) is 10.7. The molecule has 0 fully saturated rings. The standard InChI is InChI=1S/C16H29N5O7S/c1-8(22)13(16(27)28)21-12(24)7-19-15(26)10(5-6-29-2)20-14(25)9(17)3-4-11(18)23/h8-10,13,22H,3-7,17H2,1-2H3,(H2,18,23)(H,19,26)(H,20,25)(H,21,24)(H,27,28). The van der Waals surface area contributed by atoms with Gasteiger partial charge in [0.25, 0.3) is 0 Å². The van der Waals surface area contributed by atoms with Gasteiger partial charge >= 0.3 is 5.97 Å². The maximum absolute atomic E-state index is 12.3. The van der Waals surface area contributed by atoms with E-state index in [4.69, 9.17) is 16.6 Å². The number of aliphatic hydroxyl groups is 1. The molecule has 13 heteroatoms. The summed E-state index contributed by atoms with van der Waals surface area (Å²) in [6.07, 6.45) is 0.683. The van der Waals surface area contributed by atoms with Gasteiger partial charge in [-0.2, -0.15) is 11.8 Å². The summed E-state index contributed by atoms with van der Waals surface area (Å²) in [6.45, 7) is 0.655. The number of nitrogens with two attached hydrogens (primary N) is 2. The number of aliphatic hydroxyl groups excluding tert-OH is 1. The number of thioether (sulfide) groups is 1. The third kappa shape index (κ3) is 11.3. The monoisotopic (exact) mass is 435 g/mol. The lowest BCUT2D eigenvalue weighted by molar-refractivity contribution is -0.144. The fourth-order valence-electron chi connectivity index (χ4n) is 2.12. The van der Waals surface area contributed by atoms with E-state index in [0.29, 0.717) is 5.75 Å². The first-order valence-electron chi connectivity index (χ1n) is 8.80. The molecule has 0 bridgehead atoms. The molecule has 0 heterocycles. The molecular formula is C16H29N5O7S. The normalized spacial score (nSPS) is 14.8. The molecule has 4 unspecified atom stereocenters. The van der Waals surface area contributed by atoms with Crippen LogP contribution in [-0.2, 0) is 24.0 Å². The van der Waals surface area contributed by atoms with Crippen molar-refractivity contribution in [2.45, 2.75) is 50.4 Å². The van der Waals surface area contributed by atoms with Crippen LogP contribution in [0, 0.1) is 0 Å². The first-order valence-corrected chi connectivity index (χ1v) is 10.2. The lowest BCUT2D eigenvalue weighted by atomic mass is 10.1. The molecule has 0 spiro atoms. The molecule has 0 saturated heterocycles. The van der Waals surface area contributed by atoms with E-state index in [-0.39, 0.29) is 19.3 Å². The van der Waals surface area contributed by atoms with Crippen LogP contribution in [0.25, 0.3) is 0 Å². The van der Waals surface area contributed by atoms with Crippen LogP contribution in [0.5, 0.6) is 0 Å². The number of amides is 4. The Morgan fingerprint density at radius 2 is 1.69 bits per heavy atom. The lowest BCUT2D eigenvalue weighted by Crippen LogP contribution is -2.54. The van der Waals surface area contributed by atoms with Crippen molar-refractivity contribution in [3.05, 3.63) is 0 Å². The number of primary amides is 1. The van der Waals surface area contributed by atoms with Crippen LogP contribution in [0.2, 0.25) is 0 Å². The van der Waals surface area contributed by atoms with Crippen LogP contribution < -0.4 is 27.4 Å².